The zero-order chi connectivity index (χ0) is 17.7. The molecule has 0 fully saturated rings. The molecule has 0 atom stereocenters. The first-order valence-corrected chi connectivity index (χ1v) is 7.82. The van der Waals surface area contributed by atoms with Crippen LogP contribution in [0.15, 0.2) is 42.5 Å². The van der Waals surface area contributed by atoms with Gasteiger partial charge in [0.2, 0.25) is 0 Å². The highest BCUT2D eigenvalue weighted by Gasteiger charge is 2.10. The van der Waals surface area contributed by atoms with Crippen molar-refractivity contribution in [2.24, 2.45) is 0 Å². The van der Waals surface area contributed by atoms with Crippen molar-refractivity contribution in [2.45, 2.75) is 0 Å². The van der Waals surface area contributed by atoms with E-state index < -0.39 is 0 Å². The molecule has 0 saturated heterocycles. The number of benzene rings is 2. The lowest BCUT2D eigenvalue weighted by molar-refractivity contribution is -0.118. The number of ether oxygens (including phenoxy) is 1. The number of nitrogens with zero attached hydrogens (tertiary/aromatic N) is 1. The molecule has 2 rings (SSSR count). The fraction of sp³-hybridized carbons (Fsp3) is 0.176. The molecule has 0 spiro atoms. The molecule has 7 heteroatoms. The summed E-state index contributed by atoms with van der Waals surface area (Å²) in [4.78, 5) is 25.4. The van der Waals surface area contributed by atoms with E-state index in [2.05, 4.69) is 5.32 Å². The molecule has 0 heterocycles. The number of anilines is 1. The molecule has 24 heavy (non-hydrogen) atoms. The summed E-state index contributed by atoms with van der Waals surface area (Å²) < 4.78 is 5.36. The van der Waals surface area contributed by atoms with Gasteiger partial charge in [-0.2, -0.15) is 0 Å². The van der Waals surface area contributed by atoms with Gasteiger partial charge in [0.25, 0.3) is 11.8 Å². The second-order valence-corrected chi connectivity index (χ2v) is 6.04. The van der Waals surface area contributed by atoms with Crippen molar-refractivity contribution >= 4 is 40.7 Å². The summed E-state index contributed by atoms with van der Waals surface area (Å²) in [5.74, 6) is -0.190. The van der Waals surface area contributed by atoms with E-state index in [-0.39, 0.29) is 18.4 Å². The molecule has 0 aromatic heterocycles. The number of amides is 2. The van der Waals surface area contributed by atoms with Crippen LogP contribution >= 0.6 is 23.2 Å². The zero-order valence-corrected chi connectivity index (χ0v) is 14.7. The maximum Gasteiger partial charge on any atom is 0.262 e. The molecule has 1 N–H and O–H groups in total. The average molecular weight is 367 g/mol. The van der Waals surface area contributed by atoms with Crippen molar-refractivity contribution in [1.29, 1.82) is 0 Å². The van der Waals surface area contributed by atoms with Gasteiger partial charge in [0.05, 0.1) is 5.02 Å². The molecular formula is C17H16Cl2N2O3. The van der Waals surface area contributed by atoms with Crippen LogP contribution in [0.25, 0.3) is 0 Å². The van der Waals surface area contributed by atoms with Crippen LogP contribution < -0.4 is 10.1 Å². The van der Waals surface area contributed by atoms with Crippen molar-refractivity contribution in [3.05, 3.63) is 58.1 Å². The summed E-state index contributed by atoms with van der Waals surface area (Å²) in [7, 11) is 3.33. The van der Waals surface area contributed by atoms with Crippen molar-refractivity contribution in [1.82, 2.24) is 4.90 Å². The van der Waals surface area contributed by atoms with Crippen LogP contribution in [0.3, 0.4) is 0 Å². The highest BCUT2D eigenvalue weighted by atomic mass is 35.5. The smallest absolute Gasteiger partial charge is 0.262 e. The van der Waals surface area contributed by atoms with E-state index in [1.807, 2.05) is 0 Å². The van der Waals surface area contributed by atoms with Crippen molar-refractivity contribution in [3.8, 4) is 5.75 Å². The highest BCUT2D eigenvalue weighted by Crippen LogP contribution is 2.27. The largest absolute Gasteiger partial charge is 0.482 e. The average Bonchev–Trinajstić information content (AvgIpc) is 2.55. The van der Waals surface area contributed by atoms with Crippen molar-refractivity contribution < 1.29 is 14.3 Å². The first-order chi connectivity index (χ1) is 11.4. The highest BCUT2D eigenvalue weighted by molar-refractivity contribution is 6.34. The van der Waals surface area contributed by atoms with E-state index in [9.17, 15) is 9.59 Å². The van der Waals surface area contributed by atoms with Crippen LogP contribution in [-0.2, 0) is 4.79 Å². The zero-order valence-electron chi connectivity index (χ0n) is 13.2. The lowest BCUT2D eigenvalue weighted by Crippen LogP contribution is -2.23. The van der Waals surface area contributed by atoms with Crippen LogP contribution in [0.2, 0.25) is 10.0 Å². The Balaban J connectivity index is 1.99. The van der Waals surface area contributed by atoms with Crippen LogP contribution in [0.1, 0.15) is 10.4 Å². The van der Waals surface area contributed by atoms with Crippen molar-refractivity contribution in [3.63, 3.8) is 0 Å². The number of halogens is 2. The summed E-state index contributed by atoms with van der Waals surface area (Å²) in [5, 5.41) is 3.50. The third kappa shape index (κ3) is 4.88. The third-order valence-corrected chi connectivity index (χ3v) is 3.60. The Bertz CT molecular complexity index is 763. The predicted octanol–water partition coefficient (Wildman–Crippen LogP) is 3.71. The van der Waals surface area contributed by atoms with Gasteiger partial charge >= 0.3 is 0 Å². The molecule has 2 amide bonds. The van der Waals surface area contributed by atoms with E-state index >= 15 is 0 Å². The van der Waals surface area contributed by atoms with Crippen LogP contribution in [0.4, 0.5) is 5.69 Å². The molecule has 0 aliphatic rings. The first-order valence-electron chi connectivity index (χ1n) is 7.06. The second-order valence-electron chi connectivity index (χ2n) is 5.19. The minimum Gasteiger partial charge on any atom is -0.482 e. The van der Waals surface area contributed by atoms with E-state index in [4.69, 9.17) is 27.9 Å². The first kappa shape index (κ1) is 18.1. The Labute approximate surface area is 150 Å². The number of hydrogen-bond acceptors (Lipinski definition) is 3. The Morgan fingerprint density at radius 2 is 1.88 bits per heavy atom. The topological polar surface area (TPSA) is 58.6 Å². The van der Waals surface area contributed by atoms with Gasteiger partial charge in [-0.05, 0) is 30.3 Å². The van der Waals surface area contributed by atoms with Gasteiger partial charge in [0.1, 0.15) is 5.75 Å². The standard InChI is InChI=1S/C17H16Cl2N2O3/c1-21(2)17(23)11-4-3-5-13(8-11)20-16(22)10-24-15-9-12(18)6-7-14(15)19/h3-9H,10H2,1-2H3,(H,20,22). The monoisotopic (exact) mass is 366 g/mol. The minimum atomic E-state index is -0.375. The minimum absolute atomic E-state index is 0.145. The Morgan fingerprint density at radius 1 is 1.12 bits per heavy atom. The molecule has 0 saturated carbocycles. The van der Waals surface area contributed by atoms with Gasteiger partial charge in [0, 0.05) is 36.4 Å². The summed E-state index contributed by atoms with van der Waals surface area (Å²) in [6, 6.07) is 11.4. The van der Waals surface area contributed by atoms with Gasteiger partial charge < -0.3 is 15.0 Å². The fourth-order valence-electron chi connectivity index (χ4n) is 1.92. The Morgan fingerprint density at radius 3 is 2.58 bits per heavy atom. The van der Waals surface area contributed by atoms with Crippen LogP contribution in [0.5, 0.6) is 5.75 Å². The normalized spacial score (nSPS) is 10.2. The Kier molecular flexibility index (Phi) is 6.06. The quantitative estimate of drug-likeness (QED) is 0.877. The van der Waals surface area contributed by atoms with Gasteiger partial charge in [-0.25, -0.2) is 0 Å². The molecule has 0 aliphatic heterocycles. The molecule has 5 nitrogen and oxygen atoms in total. The lowest BCUT2D eigenvalue weighted by atomic mass is 10.2. The third-order valence-electron chi connectivity index (χ3n) is 3.05. The molecule has 2 aromatic carbocycles. The van der Waals surface area contributed by atoms with Crippen molar-refractivity contribution in [2.75, 3.05) is 26.0 Å². The van der Waals surface area contributed by atoms with E-state index in [0.29, 0.717) is 27.0 Å². The van der Waals surface area contributed by atoms with Gasteiger partial charge in [-0.3, -0.25) is 9.59 Å². The Hall–Kier alpha value is -2.24. The maximum atomic E-state index is 12.0. The van der Waals surface area contributed by atoms with E-state index in [1.54, 1.807) is 50.5 Å². The van der Waals surface area contributed by atoms with Gasteiger partial charge in [-0.15, -0.1) is 0 Å². The number of hydrogen-bond donors (Lipinski definition) is 1. The number of nitrogens with one attached hydrogen (secondary N) is 1. The molecule has 0 aliphatic carbocycles. The maximum absolute atomic E-state index is 12.0. The van der Waals surface area contributed by atoms with Crippen LogP contribution in [0, 0.1) is 0 Å². The number of carbonyl (C=O) groups is 2. The van der Waals surface area contributed by atoms with E-state index in [0.717, 1.165) is 0 Å². The molecular weight excluding hydrogens is 351 g/mol. The summed E-state index contributed by atoms with van der Waals surface area (Å²) in [6.45, 7) is -0.230. The summed E-state index contributed by atoms with van der Waals surface area (Å²) in [5.41, 5.74) is 0.991. The molecule has 0 unspecified atom stereocenters. The van der Waals surface area contributed by atoms with Gasteiger partial charge in [-0.1, -0.05) is 29.3 Å². The van der Waals surface area contributed by atoms with Crippen LogP contribution in [-0.4, -0.2) is 37.4 Å². The summed E-state index contributed by atoms with van der Waals surface area (Å²) >= 11 is 11.8. The number of rotatable bonds is 5. The van der Waals surface area contributed by atoms with E-state index in [1.165, 1.54) is 11.0 Å². The fourth-order valence-corrected chi connectivity index (χ4v) is 2.25. The lowest BCUT2D eigenvalue weighted by Gasteiger charge is -2.12. The molecule has 2 aromatic rings. The molecule has 0 bridgehead atoms. The number of carbonyl (C=O) groups excluding carboxylic acids is 2. The molecule has 0 radical (unpaired) electrons. The molecule has 126 valence electrons. The predicted molar refractivity (Wildman–Crippen MR) is 95.0 cm³/mol. The second kappa shape index (κ2) is 8.04. The van der Waals surface area contributed by atoms with Gasteiger partial charge in [0.15, 0.2) is 6.61 Å². The summed E-state index contributed by atoms with van der Waals surface area (Å²) in [6.07, 6.45) is 0. The SMILES string of the molecule is CN(C)C(=O)c1cccc(NC(=O)COc2cc(Cl)ccc2Cl)c1.